The number of benzene rings is 3. The number of nitrogens with one attached hydrogen (secondary N) is 1. The van der Waals surface area contributed by atoms with Gasteiger partial charge in [0, 0.05) is 24.6 Å². The van der Waals surface area contributed by atoms with Gasteiger partial charge in [0.25, 0.3) is 0 Å². The Balaban J connectivity index is 0.924. The van der Waals surface area contributed by atoms with Crippen LogP contribution in [0.1, 0.15) is 52.7 Å². The second kappa shape index (κ2) is 15.2. The second-order valence-electron chi connectivity index (χ2n) is 10.9. The molecule has 1 aliphatic rings. The van der Waals surface area contributed by atoms with E-state index in [1.807, 2.05) is 97.1 Å². The van der Waals surface area contributed by atoms with E-state index in [-0.39, 0.29) is 12.8 Å². The van der Waals surface area contributed by atoms with Crippen molar-refractivity contribution in [1.29, 1.82) is 0 Å². The summed E-state index contributed by atoms with van der Waals surface area (Å²) in [6.07, 6.45) is 14.6. The maximum absolute atomic E-state index is 6.01. The van der Waals surface area contributed by atoms with Crippen molar-refractivity contribution in [2.75, 3.05) is 13.7 Å². The lowest BCUT2D eigenvalue weighted by atomic mass is 10.0. The van der Waals surface area contributed by atoms with Gasteiger partial charge in [-0.25, -0.2) is 9.97 Å². The van der Waals surface area contributed by atoms with Crippen molar-refractivity contribution in [3.8, 4) is 11.5 Å². The Labute approximate surface area is 263 Å². The first kappa shape index (κ1) is 30.1. The van der Waals surface area contributed by atoms with Gasteiger partial charge >= 0.3 is 0 Å². The van der Waals surface area contributed by atoms with Crippen molar-refractivity contribution in [2.45, 2.75) is 44.6 Å². The van der Waals surface area contributed by atoms with Crippen molar-refractivity contribution >= 4 is 24.3 Å². The molecule has 2 unspecified atom stereocenters. The summed E-state index contributed by atoms with van der Waals surface area (Å²) in [6, 6.07) is 26.5. The van der Waals surface area contributed by atoms with Crippen LogP contribution >= 0.6 is 0 Å². The van der Waals surface area contributed by atoms with Crippen LogP contribution in [-0.2, 0) is 24.2 Å². The number of hydrogen-bond donors (Lipinski definition) is 1. The summed E-state index contributed by atoms with van der Waals surface area (Å²) in [6.45, 7) is 0.970. The summed E-state index contributed by atoms with van der Waals surface area (Å²) in [5, 5.41) is 3.59. The fourth-order valence-corrected chi connectivity index (χ4v) is 5.18. The number of oxazole rings is 2. The quantitative estimate of drug-likeness (QED) is 0.140. The maximum Gasteiger partial charge on any atom is 0.218 e. The highest BCUT2D eigenvalue weighted by Gasteiger charge is 2.25. The predicted molar refractivity (Wildman–Crippen MR) is 174 cm³/mol. The van der Waals surface area contributed by atoms with Crippen LogP contribution in [0.25, 0.3) is 24.3 Å². The highest BCUT2D eigenvalue weighted by molar-refractivity contribution is 5.66. The normalized spacial score (nSPS) is 16.6. The van der Waals surface area contributed by atoms with Gasteiger partial charge in [-0.1, -0.05) is 66.7 Å². The second-order valence-corrected chi connectivity index (χ2v) is 10.9. The van der Waals surface area contributed by atoms with Gasteiger partial charge in [-0.2, -0.15) is 0 Å². The van der Waals surface area contributed by atoms with E-state index in [0.717, 1.165) is 36.1 Å². The van der Waals surface area contributed by atoms with Crippen LogP contribution < -0.4 is 14.8 Å². The molecule has 5 aromatic rings. The molecule has 0 spiro atoms. The number of aromatic nitrogens is 2. The van der Waals surface area contributed by atoms with Crippen molar-refractivity contribution in [1.82, 2.24) is 15.3 Å². The minimum Gasteiger partial charge on any atom is -0.493 e. The van der Waals surface area contributed by atoms with Gasteiger partial charge in [0.15, 0.2) is 11.5 Å². The van der Waals surface area contributed by atoms with E-state index in [1.54, 1.807) is 19.6 Å². The van der Waals surface area contributed by atoms with Gasteiger partial charge in [0.2, 0.25) is 11.8 Å². The van der Waals surface area contributed by atoms with E-state index in [2.05, 4.69) is 21.4 Å². The van der Waals surface area contributed by atoms with Gasteiger partial charge in [-0.05, 0) is 60.2 Å². The third-order valence-electron chi connectivity index (χ3n) is 7.51. The molecule has 230 valence electrons. The van der Waals surface area contributed by atoms with Gasteiger partial charge in [-0.3, -0.25) is 5.32 Å². The zero-order chi connectivity index (χ0) is 30.7. The summed E-state index contributed by atoms with van der Waals surface area (Å²) in [4.78, 5) is 9.07. The van der Waals surface area contributed by atoms with Crippen LogP contribution in [0, 0.1) is 0 Å². The average Bonchev–Trinajstić information content (AvgIpc) is 3.85. The SMILES string of the molecule is COc1cc(CCCC2COC(Cc3coc(/C=C/c4ccccc4)n3)N2)ccc1OCc1coc(/C=C/c2ccccc2)n1. The number of ether oxygens (including phenoxy) is 3. The molecule has 1 N–H and O–H groups in total. The largest absolute Gasteiger partial charge is 0.493 e. The van der Waals surface area contributed by atoms with Crippen LogP contribution in [0.4, 0.5) is 0 Å². The maximum atomic E-state index is 6.01. The van der Waals surface area contributed by atoms with Gasteiger partial charge in [-0.15, -0.1) is 0 Å². The first-order valence-corrected chi connectivity index (χ1v) is 15.2. The Morgan fingerprint density at radius 1 is 0.800 bits per heavy atom. The van der Waals surface area contributed by atoms with Crippen LogP contribution in [-0.4, -0.2) is 36.0 Å². The molecule has 2 aromatic heterocycles. The molecule has 8 heteroatoms. The summed E-state index contributed by atoms with van der Waals surface area (Å²) in [7, 11) is 1.66. The summed E-state index contributed by atoms with van der Waals surface area (Å²) >= 11 is 0. The summed E-state index contributed by atoms with van der Waals surface area (Å²) < 4.78 is 28.8. The highest BCUT2D eigenvalue weighted by Crippen LogP contribution is 2.29. The Morgan fingerprint density at radius 3 is 2.16 bits per heavy atom. The first-order valence-electron chi connectivity index (χ1n) is 15.2. The number of nitrogens with zero attached hydrogens (tertiary/aromatic N) is 2. The lowest BCUT2D eigenvalue weighted by molar-refractivity contribution is 0.0995. The summed E-state index contributed by atoms with van der Waals surface area (Å²) in [5.41, 5.74) is 4.97. The van der Waals surface area contributed by atoms with Crippen LogP contribution in [0.5, 0.6) is 11.5 Å². The molecule has 0 radical (unpaired) electrons. The van der Waals surface area contributed by atoms with Gasteiger partial charge in [0.05, 0.1) is 19.4 Å². The Hall–Kier alpha value is -4.92. The monoisotopic (exact) mass is 603 g/mol. The van der Waals surface area contributed by atoms with Crippen LogP contribution in [0.3, 0.4) is 0 Å². The number of methoxy groups -OCH3 is 1. The lowest BCUT2D eigenvalue weighted by Gasteiger charge is -2.13. The molecule has 3 heterocycles. The molecule has 0 aliphatic carbocycles. The molecule has 1 fully saturated rings. The van der Waals surface area contributed by atoms with E-state index in [0.29, 0.717) is 48.0 Å². The highest BCUT2D eigenvalue weighted by atomic mass is 16.5. The van der Waals surface area contributed by atoms with Gasteiger partial charge in [0.1, 0.15) is 31.1 Å². The Kier molecular flexibility index (Phi) is 10.2. The Bertz CT molecular complexity index is 1690. The number of rotatable bonds is 14. The minimum absolute atomic E-state index is 0.0664. The molecule has 1 saturated heterocycles. The minimum atomic E-state index is -0.0664. The number of aryl methyl sites for hydroxylation is 1. The van der Waals surface area contributed by atoms with E-state index in [4.69, 9.17) is 23.0 Å². The van der Waals surface area contributed by atoms with Crippen molar-refractivity contribution < 1.29 is 23.0 Å². The van der Waals surface area contributed by atoms with E-state index < -0.39 is 0 Å². The standard InChI is InChI=1S/C37H37N3O5/c1-41-34-21-29(15-18-33(34)42-25-32-26-44-36(40-32)20-17-28-11-6-3-7-12-28)13-8-14-30-23-45-37(38-30)22-31-24-43-35(39-31)19-16-27-9-4-2-5-10-27/h2-7,9-12,15-21,24,26,30,37-38H,8,13-14,22-23,25H2,1H3/b19-16+,20-17+. The molecule has 8 nitrogen and oxygen atoms in total. The third kappa shape index (κ3) is 8.81. The molecule has 1 aliphatic heterocycles. The van der Waals surface area contributed by atoms with E-state index >= 15 is 0 Å². The Morgan fingerprint density at radius 2 is 1.47 bits per heavy atom. The molecule has 0 saturated carbocycles. The molecule has 3 aromatic carbocycles. The predicted octanol–water partition coefficient (Wildman–Crippen LogP) is 7.47. The average molecular weight is 604 g/mol. The van der Waals surface area contributed by atoms with Crippen molar-refractivity contribution in [3.63, 3.8) is 0 Å². The molecule has 6 rings (SSSR count). The van der Waals surface area contributed by atoms with Crippen molar-refractivity contribution in [2.24, 2.45) is 0 Å². The fraction of sp³-hybridized carbons (Fsp3) is 0.243. The zero-order valence-corrected chi connectivity index (χ0v) is 25.3. The van der Waals surface area contributed by atoms with Crippen molar-refractivity contribution in [3.05, 3.63) is 131 Å². The van der Waals surface area contributed by atoms with Crippen LogP contribution in [0.15, 0.2) is 100 Å². The zero-order valence-electron chi connectivity index (χ0n) is 25.3. The number of hydrogen-bond acceptors (Lipinski definition) is 8. The lowest BCUT2D eigenvalue weighted by Crippen LogP contribution is -2.32. The molecule has 0 amide bonds. The fourth-order valence-electron chi connectivity index (χ4n) is 5.18. The molecular weight excluding hydrogens is 566 g/mol. The molecular formula is C37H37N3O5. The van der Waals surface area contributed by atoms with Gasteiger partial charge < -0.3 is 23.0 Å². The molecule has 0 bridgehead atoms. The summed E-state index contributed by atoms with van der Waals surface area (Å²) in [5.74, 6) is 2.50. The smallest absolute Gasteiger partial charge is 0.218 e. The third-order valence-corrected chi connectivity index (χ3v) is 7.51. The first-order chi connectivity index (χ1) is 22.2. The molecule has 45 heavy (non-hydrogen) atoms. The van der Waals surface area contributed by atoms with E-state index in [9.17, 15) is 0 Å². The topological polar surface area (TPSA) is 91.8 Å². The van der Waals surface area contributed by atoms with Crippen LogP contribution in [0.2, 0.25) is 0 Å². The molecule has 2 atom stereocenters. The van der Waals surface area contributed by atoms with E-state index in [1.165, 1.54) is 5.56 Å².